The zero-order valence-electron chi connectivity index (χ0n) is 28.5. The Kier molecular flexibility index (Phi) is 6.15. The van der Waals surface area contributed by atoms with Gasteiger partial charge in [0, 0.05) is 34.2 Å². The first-order valence-electron chi connectivity index (χ1n) is 16.5. The van der Waals surface area contributed by atoms with Gasteiger partial charge in [-0.15, -0.1) is 0 Å². The van der Waals surface area contributed by atoms with Crippen molar-refractivity contribution in [1.82, 2.24) is 4.98 Å². The average Bonchev–Trinajstić information content (AvgIpc) is 3.39. The highest BCUT2D eigenvalue weighted by atomic mass is 16.5. The van der Waals surface area contributed by atoms with Crippen LogP contribution in [-0.4, -0.2) is 16.5 Å². The average molecular weight is 620 g/mol. The first-order chi connectivity index (χ1) is 22.3. The van der Waals surface area contributed by atoms with E-state index < -0.39 is 11.1 Å². The lowest BCUT2D eigenvalue weighted by Gasteiger charge is -2.41. The summed E-state index contributed by atoms with van der Waals surface area (Å²) in [7, 11) is 0. The maximum atomic E-state index is 6.90. The number of aryl methyl sites for hydroxylation is 2. The summed E-state index contributed by atoms with van der Waals surface area (Å²) in [5, 5.41) is 0. The fraction of sp³-hybridized carbons (Fsp3) is 0.286. The van der Waals surface area contributed by atoms with Crippen LogP contribution >= 0.6 is 0 Å². The number of rotatable bonds is 4. The van der Waals surface area contributed by atoms with E-state index in [4.69, 9.17) is 19.5 Å². The molecule has 2 aliphatic heterocycles. The van der Waals surface area contributed by atoms with Crippen molar-refractivity contribution in [2.75, 3.05) is 4.90 Å². The second kappa shape index (κ2) is 9.80. The molecule has 0 spiro atoms. The normalized spacial score (nSPS) is 22.8. The molecular weight excluding hydrogens is 578 g/mol. The molecule has 0 unspecified atom stereocenters. The largest absolute Gasteiger partial charge is 0.467 e. The Balaban J connectivity index is 1.17. The third kappa shape index (κ3) is 4.08. The predicted molar refractivity (Wildman–Crippen MR) is 190 cm³/mol. The van der Waals surface area contributed by atoms with Crippen LogP contribution < -0.4 is 9.64 Å². The summed E-state index contributed by atoms with van der Waals surface area (Å²) in [6, 6.07) is 34.1. The Hall–Kier alpha value is -4.90. The fourth-order valence-corrected chi connectivity index (χ4v) is 8.28. The van der Waals surface area contributed by atoms with Crippen molar-refractivity contribution in [3.63, 3.8) is 0 Å². The number of hydrogen-bond acceptors (Lipinski definition) is 5. The molecular formula is C42H41N3O2. The molecule has 0 amide bonds. The van der Waals surface area contributed by atoms with Gasteiger partial charge >= 0.3 is 0 Å². The van der Waals surface area contributed by atoms with Crippen LogP contribution in [-0.2, 0) is 21.1 Å². The van der Waals surface area contributed by atoms with Gasteiger partial charge in [-0.2, -0.15) is 0 Å². The topological polar surface area (TPSA) is 47.0 Å². The van der Waals surface area contributed by atoms with Crippen molar-refractivity contribution >= 4 is 23.1 Å². The lowest BCUT2D eigenvalue weighted by molar-refractivity contribution is -0.0136. The zero-order valence-corrected chi connectivity index (χ0v) is 28.5. The Morgan fingerprint density at radius 2 is 1.30 bits per heavy atom. The SMILES string of the molecule is Cc1cc(Oc2cc(C)cc(N3c4ccccc4C(C)(C)c4cccnc43)c2)cc(C2=N[C@]3(C)c4ccccc4C(C)(C)[C@]3(C)O2)c1. The van der Waals surface area contributed by atoms with Gasteiger partial charge in [0.15, 0.2) is 0 Å². The molecule has 0 bridgehead atoms. The fourth-order valence-electron chi connectivity index (χ4n) is 8.28. The highest BCUT2D eigenvalue weighted by molar-refractivity contribution is 5.97. The highest BCUT2D eigenvalue weighted by Gasteiger charge is 2.67. The number of nitrogens with zero attached hydrogens (tertiary/aromatic N) is 3. The van der Waals surface area contributed by atoms with Crippen LogP contribution in [0.3, 0.4) is 0 Å². The van der Waals surface area contributed by atoms with E-state index in [0.717, 1.165) is 45.4 Å². The number of hydrogen-bond donors (Lipinski definition) is 0. The molecule has 3 aliphatic rings. The molecule has 3 heterocycles. The molecule has 1 aliphatic carbocycles. The molecule has 47 heavy (non-hydrogen) atoms. The van der Waals surface area contributed by atoms with Crippen LogP contribution in [0.4, 0.5) is 17.2 Å². The van der Waals surface area contributed by atoms with Gasteiger partial charge in [-0.05, 0) is 98.0 Å². The Labute approximate surface area is 277 Å². The Bertz CT molecular complexity index is 2080. The maximum Gasteiger partial charge on any atom is 0.217 e. The monoisotopic (exact) mass is 619 g/mol. The van der Waals surface area contributed by atoms with Crippen LogP contribution in [0.1, 0.15) is 80.5 Å². The van der Waals surface area contributed by atoms with E-state index in [1.165, 1.54) is 22.3 Å². The van der Waals surface area contributed by atoms with Crippen LogP contribution in [0.2, 0.25) is 0 Å². The molecule has 0 radical (unpaired) electrons. The van der Waals surface area contributed by atoms with Crippen LogP contribution in [0.15, 0.2) is 108 Å². The van der Waals surface area contributed by atoms with E-state index in [1.807, 2.05) is 12.3 Å². The van der Waals surface area contributed by atoms with Gasteiger partial charge < -0.3 is 9.47 Å². The standard InChI is InChI=1S/C42H41N3O2/c1-26-20-28(38-44-41(7)33-15-10-9-14-32(33)40(5,6)42(41,8)47-38)24-30(22-26)46-31-23-27(2)21-29(25-31)45-36-18-12-11-16-34(36)39(3,4)35-17-13-19-43-37(35)45/h9-25H,1-8H3/t41-,42+/m1/s1. The van der Waals surface area contributed by atoms with Crippen molar-refractivity contribution in [2.45, 2.75) is 77.4 Å². The van der Waals surface area contributed by atoms with Gasteiger partial charge in [0.1, 0.15) is 28.5 Å². The van der Waals surface area contributed by atoms with Gasteiger partial charge in [0.2, 0.25) is 5.90 Å². The van der Waals surface area contributed by atoms with Crippen molar-refractivity contribution < 1.29 is 9.47 Å². The summed E-state index contributed by atoms with van der Waals surface area (Å²) in [5.41, 5.74) is 8.81. The number of benzene rings is 4. The number of anilines is 3. The molecule has 0 saturated heterocycles. The van der Waals surface area contributed by atoms with Gasteiger partial charge in [0.25, 0.3) is 0 Å². The van der Waals surface area contributed by atoms with Crippen LogP contribution in [0.5, 0.6) is 11.5 Å². The molecule has 0 N–H and O–H groups in total. The number of para-hydroxylation sites is 1. The highest BCUT2D eigenvalue weighted by Crippen LogP contribution is 2.61. The zero-order chi connectivity index (χ0) is 32.9. The third-order valence-corrected chi connectivity index (χ3v) is 11.2. The molecule has 236 valence electrons. The van der Waals surface area contributed by atoms with Crippen LogP contribution in [0.25, 0.3) is 0 Å². The summed E-state index contributed by atoms with van der Waals surface area (Å²) < 4.78 is 13.6. The van der Waals surface area contributed by atoms with Crippen LogP contribution in [0, 0.1) is 13.8 Å². The minimum atomic E-state index is -0.529. The van der Waals surface area contributed by atoms with E-state index in [0.29, 0.717) is 5.90 Å². The van der Waals surface area contributed by atoms with E-state index in [9.17, 15) is 0 Å². The van der Waals surface area contributed by atoms with Crippen molar-refractivity contribution in [3.8, 4) is 11.5 Å². The molecule has 4 aromatic carbocycles. The third-order valence-electron chi connectivity index (χ3n) is 11.2. The first-order valence-corrected chi connectivity index (χ1v) is 16.5. The molecule has 5 nitrogen and oxygen atoms in total. The lowest BCUT2D eigenvalue weighted by Crippen LogP contribution is -2.51. The van der Waals surface area contributed by atoms with Gasteiger partial charge in [-0.25, -0.2) is 9.98 Å². The smallest absolute Gasteiger partial charge is 0.217 e. The number of ether oxygens (including phenoxy) is 2. The molecule has 1 aromatic heterocycles. The van der Waals surface area contributed by atoms with Gasteiger partial charge in [-0.1, -0.05) is 76.2 Å². The molecule has 8 rings (SSSR count). The molecule has 5 heteroatoms. The number of aliphatic imine (C=N–C) groups is 1. The lowest BCUT2D eigenvalue weighted by atomic mass is 9.71. The van der Waals surface area contributed by atoms with Crippen molar-refractivity contribution in [3.05, 3.63) is 142 Å². The van der Waals surface area contributed by atoms with E-state index in [2.05, 4.69) is 151 Å². The summed E-state index contributed by atoms with van der Waals surface area (Å²) in [6.45, 7) is 17.7. The quantitative estimate of drug-likeness (QED) is 0.201. The van der Waals surface area contributed by atoms with Crippen molar-refractivity contribution in [1.29, 1.82) is 0 Å². The summed E-state index contributed by atoms with van der Waals surface area (Å²) in [5.74, 6) is 3.11. The summed E-state index contributed by atoms with van der Waals surface area (Å²) >= 11 is 0. The molecule has 2 atom stereocenters. The van der Waals surface area contributed by atoms with E-state index in [1.54, 1.807) is 0 Å². The van der Waals surface area contributed by atoms with E-state index in [-0.39, 0.29) is 10.8 Å². The Morgan fingerprint density at radius 1 is 0.660 bits per heavy atom. The predicted octanol–water partition coefficient (Wildman–Crippen LogP) is 10.3. The summed E-state index contributed by atoms with van der Waals surface area (Å²) in [6.07, 6.45) is 1.87. The van der Waals surface area contributed by atoms with Crippen molar-refractivity contribution in [2.24, 2.45) is 4.99 Å². The summed E-state index contributed by atoms with van der Waals surface area (Å²) in [4.78, 5) is 12.5. The minimum Gasteiger partial charge on any atom is -0.467 e. The molecule has 5 aromatic rings. The number of pyridine rings is 1. The van der Waals surface area contributed by atoms with Gasteiger partial charge in [0.05, 0.1) is 11.4 Å². The maximum absolute atomic E-state index is 6.90. The number of fused-ring (bicyclic) bond motifs is 5. The Morgan fingerprint density at radius 3 is 2.06 bits per heavy atom. The number of aromatic nitrogens is 1. The van der Waals surface area contributed by atoms with Gasteiger partial charge in [-0.3, -0.25) is 4.90 Å². The second-order valence-electron chi connectivity index (χ2n) is 14.8. The minimum absolute atomic E-state index is 0.174. The van der Waals surface area contributed by atoms with E-state index >= 15 is 0 Å². The first kappa shape index (κ1) is 29.5. The second-order valence-corrected chi connectivity index (χ2v) is 14.8. The molecule has 0 saturated carbocycles. The molecule has 0 fully saturated rings.